The SMILES string of the molecule is O=C(OCC(F)(F)F)N1CCCC(N2CCCC2)C1. The number of hydrogen-bond donors (Lipinski definition) is 0. The Morgan fingerprint density at radius 1 is 1.16 bits per heavy atom. The van der Waals surface area contributed by atoms with E-state index in [-0.39, 0.29) is 6.04 Å². The Hall–Kier alpha value is -0.980. The highest BCUT2D eigenvalue weighted by Crippen LogP contribution is 2.21. The van der Waals surface area contributed by atoms with Crippen molar-refractivity contribution in [2.75, 3.05) is 32.8 Å². The van der Waals surface area contributed by atoms with Crippen molar-refractivity contribution in [3.05, 3.63) is 0 Å². The summed E-state index contributed by atoms with van der Waals surface area (Å²) in [6.07, 6.45) is -1.16. The summed E-state index contributed by atoms with van der Waals surface area (Å²) in [5.41, 5.74) is 0. The minimum Gasteiger partial charge on any atom is -0.440 e. The molecule has 0 N–H and O–H groups in total. The van der Waals surface area contributed by atoms with Crippen LogP contribution in [0.2, 0.25) is 0 Å². The maximum Gasteiger partial charge on any atom is 0.422 e. The van der Waals surface area contributed by atoms with Gasteiger partial charge in [0.05, 0.1) is 0 Å². The predicted octanol–water partition coefficient (Wildman–Crippen LogP) is 2.25. The van der Waals surface area contributed by atoms with Crippen molar-refractivity contribution >= 4 is 6.09 Å². The fourth-order valence-corrected chi connectivity index (χ4v) is 2.76. The summed E-state index contributed by atoms with van der Waals surface area (Å²) >= 11 is 0. The molecule has 0 aromatic rings. The Bertz CT molecular complexity index is 317. The molecule has 0 radical (unpaired) electrons. The van der Waals surface area contributed by atoms with Crippen LogP contribution in [0.4, 0.5) is 18.0 Å². The van der Waals surface area contributed by atoms with Crippen LogP contribution in [0.15, 0.2) is 0 Å². The van der Waals surface area contributed by atoms with Crippen molar-refractivity contribution in [3.8, 4) is 0 Å². The molecule has 1 atom stereocenters. The average Bonchev–Trinajstić information content (AvgIpc) is 2.89. The van der Waals surface area contributed by atoms with E-state index in [1.807, 2.05) is 0 Å². The Morgan fingerprint density at radius 2 is 1.84 bits per heavy atom. The van der Waals surface area contributed by atoms with E-state index in [2.05, 4.69) is 9.64 Å². The Morgan fingerprint density at radius 3 is 2.47 bits per heavy atom. The van der Waals surface area contributed by atoms with Crippen molar-refractivity contribution in [3.63, 3.8) is 0 Å². The molecule has 2 fully saturated rings. The first-order valence-corrected chi connectivity index (χ1v) is 6.68. The zero-order chi connectivity index (χ0) is 13.9. The summed E-state index contributed by atoms with van der Waals surface area (Å²) in [7, 11) is 0. The molecule has 4 nitrogen and oxygen atoms in total. The van der Waals surface area contributed by atoms with E-state index in [4.69, 9.17) is 0 Å². The molecule has 0 spiro atoms. The normalized spacial score (nSPS) is 25.6. The first-order chi connectivity index (χ1) is 8.96. The number of hydrogen-bond acceptors (Lipinski definition) is 3. The standard InChI is InChI=1S/C12H19F3N2O2/c13-12(14,15)9-19-11(18)17-7-3-4-10(8-17)16-5-1-2-6-16/h10H,1-9H2. The molecule has 2 heterocycles. The summed E-state index contributed by atoms with van der Waals surface area (Å²) < 4.78 is 40.3. The molecule has 110 valence electrons. The largest absolute Gasteiger partial charge is 0.440 e. The van der Waals surface area contributed by atoms with Crippen molar-refractivity contribution in [2.45, 2.75) is 37.9 Å². The number of piperidine rings is 1. The lowest BCUT2D eigenvalue weighted by Crippen LogP contribution is -2.49. The molecule has 2 aliphatic rings. The van der Waals surface area contributed by atoms with Crippen molar-refractivity contribution in [1.82, 2.24) is 9.80 Å². The molecule has 2 saturated heterocycles. The summed E-state index contributed by atoms with van der Waals surface area (Å²) in [4.78, 5) is 15.3. The van der Waals surface area contributed by atoms with E-state index in [9.17, 15) is 18.0 Å². The number of amides is 1. The summed E-state index contributed by atoms with van der Waals surface area (Å²) in [5.74, 6) is 0. The van der Waals surface area contributed by atoms with Gasteiger partial charge in [0.2, 0.25) is 0 Å². The van der Waals surface area contributed by atoms with Crippen molar-refractivity contribution < 1.29 is 22.7 Å². The highest BCUT2D eigenvalue weighted by molar-refractivity contribution is 5.67. The van der Waals surface area contributed by atoms with Crippen LogP contribution < -0.4 is 0 Å². The minimum absolute atomic E-state index is 0.273. The first kappa shape index (κ1) is 14.4. The summed E-state index contributed by atoms with van der Waals surface area (Å²) in [5, 5.41) is 0. The van der Waals surface area contributed by atoms with Gasteiger partial charge in [-0.05, 0) is 38.8 Å². The molecule has 1 amide bonds. The van der Waals surface area contributed by atoms with Crippen LogP contribution in [0.3, 0.4) is 0 Å². The Labute approximate surface area is 110 Å². The highest BCUT2D eigenvalue weighted by Gasteiger charge is 2.33. The molecular weight excluding hydrogens is 261 g/mol. The number of nitrogens with zero attached hydrogens (tertiary/aromatic N) is 2. The monoisotopic (exact) mass is 280 g/mol. The quantitative estimate of drug-likeness (QED) is 0.777. The van der Waals surface area contributed by atoms with Gasteiger partial charge in [0.15, 0.2) is 6.61 Å². The maximum atomic E-state index is 12.0. The summed E-state index contributed by atoms with van der Waals surface area (Å²) in [6, 6.07) is 0.273. The van der Waals surface area contributed by atoms with E-state index in [0.29, 0.717) is 13.1 Å². The van der Waals surface area contributed by atoms with Gasteiger partial charge < -0.3 is 9.64 Å². The highest BCUT2D eigenvalue weighted by atomic mass is 19.4. The van der Waals surface area contributed by atoms with Crippen LogP contribution in [0.25, 0.3) is 0 Å². The second kappa shape index (κ2) is 5.98. The van der Waals surface area contributed by atoms with E-state index >= 15 is 0 Å². The topological polar surface area (TPSA) is 32.8 Å². The Kier molecular flexibility index (Phi) is 4.54. The zero-order valence-corrected chi connectivity index (χ0v) is 10.8. The van der Waals surface area contributed by atoms with Crippen LogP contribution in [-0.2, 0) is 4.74 Å². The van der Waals surface area contributed by atoms with Gasteiger partial charge in [-0.3, -0.25) is 4.90 Å². The molecule has 0 bridgehead atoms. The molecule has 0 aromatic heterocycles. The number of carbonyl (C=O) groups is 1. The number of carbonyl (C=O) groups excluding carboxylic acids is 1. The second-order valence-corrected chi connectivity index (χ2v) is 5.15. The van der Waals surface area contributed by atoms with Crippen LogP contribution in [0.5, 0.6) is 0 Å². The minimum atomic E-state index is -4.46. The molecule has 0 saturated carbocycles. The number of likely N-dealkylation sites (tertiary alicyclic amines) is 2. The number of alkyl halides is 3. The van der Waals surface area contributed by atoms with Gasteiger partial charge in [-0.2, -0.15) is 13.2 Å². The lowest BCUT2D eigenvalue weighted by Gasteiger charge is -2.36. The number of halogens is 3. The third-order valence-corrected chi connectivity index (χ3v) is 3.67. The Balaban J connectivity index is 1.81. The fraction of sp³-hybridized carbons (Fsp3) is 0.917. The number of ether oxygens (including phenoxy) is 1. The maximum absolute atomic E-state index is 12.0. The second-order valence-electron chi connectivity index (χ2n) is 5.15. The lowest BCUT2D eigenvalue weighted by molar-refractivity contribution is -0.162. The number of rotatable bonds is 2. The lowest BCUT2D eigenvalue weighted by atomic mass is 10.1. The van der Waals surface area contributed by atoms with Crippen LogP contribution in [0, 0.1) is 0 Å². The van der Waals surface area contributed by atoms with E-state index in [1.54, 1.807) is 0 Å². The third-order valence-electron chi connectivity index (χ3n) is 3.67. The van der Waals surface area contributed by atoms with Crippen LogP contribution in [0.1, 0.15) is 25.7 Å². The van der Waals surface area contributed by atoms with Gasteiger partial charge in [0.25, 0.3) is 0 Å². The van der Waals surface area contributed by atoms with E-state index < -0.39 is 18.9 Å². The van der Waals surface area contributed by atoms with Gasteiger partial charge in [-0.25, -0.2) is 4.79 Å². The molecule has 0 aromatic carbocycles. The zero-order valence-electron chi connectivity index (χ0n) is 10.8. The average molecular weight is 280 g/mol. The fourth-order valence-electron chi connectivity index (χ4n) is 2.76. The van der Waals surface area contributed by atoms with Gasteiger partial charge in [0, 0.05) is 19.1 Å². The third kappa shape index (κ3) is 4.26. The first-order valence-electron chi connectivity index (χ1n) is 6.68. The van der Waals surface area contributed by atoms with Crippen molar-refractivity contribution in [2.24, 2.45) is 0 Å². The molecular formula is C12H19F3N2O2. The van der Waals surface area contributed by atoms with Gasteiger partial charge in [-0.1, -0.05) is 0 Å². The van der Waals surface area contributed by atoms with Crippen LogP contribution in [-0.4, -0.2) is 60.9 Å². The van der Waals surface area contributed by atoms with Crippen LogP contribution >= 0.6 is 0 Å². The van der Waals surface area contributed by atoms with E-state index in [0.717, 1.165) is 38.8 Å². The summed E-state index contributed by atoms with van der Waals surface area (Å²) in [6.45, 7) is 1.51. The molecule has 2 rings (SSSR count). The van der Waals surface area contributed by atoms with Gasteiger partial charge in [0.1, 0.15) is 0 Å². The smallest absolute Gasteiger partial charge is 0.422 e. The van der Waals surface area contributed by atoms with E-state index in [1.165, 1.54) is 4.90 Å². The van der Waals surface area contributed by atoms with Crippen molar-refractivity contribution in [1.29, 1.82) is 0 Å². The molecule has 2 aliphatic heterocycles. The predicted molar refractivity (Wildman–Crippen MR) is 62.8 cm³/mol. The van der Waals surface area contributed by atoms with Gasteiger partial charge >= 0.3 is 12.3 Å². The molecule has 19 heavy (non-hydrogen) atoms. The molecule has 0 aliphatic carbocycles. The molecule has 7 heteroatoms. The van der Waals surface area contributed by atoms with Gasteiger partial charge in [-0.15, -0.1) is 0 Å². The molecule has 1 unspecified atom stereocenters.